The summed E-state index contributed by atoms with van der Waals surface area (Å²) in [5.41, 5.74) is 0.231. The van der Waals surface area contributed by atoms with Crippen molar-refractivity contribution in [3.8, 4) is 0 Å². The van der Waals surface area contributed by atoms with Crippen molar-refractivity contribution in [3.05, 3.63) is 17.6 Å². The summed E-state index contributed by atoms with van der Waals surface area (Å²) in [4.78, 5) is 11.8. The van der Waals surface area contributed by atoms with Crippen LogP contribution in [0.5, 0.6) is 0 Å². The third kappa shape index (κ3) is 3.21. The second kappa shape index (κ2) is 5.21. The molecular weight excluding hydrogens is 280 g/mol. The molecule has 1 fully saturated rings. The molecule has 1 aromatic rings. The molecule has 2 rings (SSSR count). The maximum atomic E-state index is 12.0. The van der Waals surface area contributed by atoms with E-state index in [-0.39, 0.29) is 21.8 Å². The minimum absolute atomic E-state index is 0.0150. The van der Waals surface area contributed by atoms with Gasteiger partial charge in [0.05, 0.1) is 0 Å². The Labute approximate surface area is 118 Å². The second-order valence-corrected chi connectivity index (χ2v) is 7.04. The van der Waals surface area contributed by atoms with Crippen molar-refractivity contribution in [2.45, 2.75) is 44.4 Å². The summed E-state index contributed by atoms with van der Waals surface area (Å²) in [6.07, 6.45) is 4.43. The first-order valence-corrected chi connectivity index (χ1v) is 8.23. The van der Waals surface area contributed by atoms with Crippen molar-refractivity contribution in [1.29, 1.82) is 0 Å². The predicted molar refractivity (Wildman–Crippen MR) is 73.7 cm³/mol. The van der Waals surface area contributed by atoms with Crippen LogP contribution in [0.2, 0.25) is 0 Å². The van der Waals surface area contributed by atoms with E-state index in [4.69, 9.17) is 9.56 Å². The standard InChI is InChI=1S/C13H20N2O4S/c1-3-4-13(5-6-13)8-15-12(16)10-7-11(9(2)19-10)20(14,17)18/h7H,3-6,8H2,1-2H3,(H,15,16)(H2,14,17,18). The second-order valence-electron chi connectivity index (χ2n) is 5.51. The van der Waals surface area contributed by atoms with E-state index < -0.39 is 15.9 Å². The predicted octanol–water partition coefficient (Wildman–Crippen LogP) is 1.55. The number of hydrogen-bond donors (Lipinski definition) is 2. The van der Waals surface area contributed by atoms with E-state index in [0.717, 1.165) is 25.7 Å². The molecule has 0 atom stereocenters. The molecule has 6 nitrogen and oxygen atoms in total. The average molecular weight is 300 g/mol. The Kier molecular flexibility index (Phi) is 3.93. The van der Waals surface area contributed by atoms with Gasteiger partial charge in [0, 0.05) is 12.6 Å². The third-order valence-corrected chi connectivity index (χ3v) is 4.78. The van der Waals surface area contributed by atoms with Gasteiger partial charge >= 0.3 is 0 Å². The van der Waals surface area contributed by atoms with Gasteiger partial charge in [0.25, 0.3) is 5.91 Å². The van der Waals surface area contributed by atoms with Crippen LogP contribution in [0.25, 0.3) is 0 Å². The Morgan fingerprint density at radius 3 is 2.60 bits per heavy atom. The van der Waals surface area contributed by atoms with E-state index in [9.17, 15) is 13.2 Å². The van der Waals surface area contributed by atoms with Gasteiger partial charge in [-0.05, 0) is 31.6 Å². The molecule has 0 aromatic carbocycles. The molecule has 0 radical (unpaired) electrons. The molecule has 1 aromatic heterocycles. The van der Waals surface area contributed by atoms with Gasteiger partial charge in [-0.15, -0.1) is 0 Å². The summed E-state index contributed by atoms with van der Waals surface area (Å²) in [6.45, 7) is 4.19. The normalized spacial score (nSPS) is 16.9. The smallest absolute Gasteiger partial charge is 0.287 e. The number of hydrogen-bond acceptors (Lipinski definition) is 4. The van der Waals surface area contributed by atoms with E-state index in [2.05, 4.69) is 12.2 Å². The number of rotatable bonds is 6. The Hall–Kier alpha value is -1.34. The quantitative estimate of drug-likeness (QED) is 0.831. The van der Waals surface area contributed by atoms with Gasteiger partial charge in [-0.1, -0.05) is 13.3 Å². The van der Waals surface area contributed by atoms with E-state index in [1.807, 2.05) is 0 Å². The zero-order valence-corrected chi connectivity index (χ0v) is 12.5. The monoisotopic (exact) mass is 300 g/mol. The van der Waals surface area contributed by atoms with Crippen molar-refractivity contribution < 1.29 is 17.6 Å². The van der Waals surface area contributed by atoms with Gasteiger partial charge in [-0.25, -0.2) is 13.6 Å². The molecule has 20 heavy (non-hydrogen) atoms. The molecule has 1 saturated carbocycles. The third-order valence-electron chi connectivity index (χ3n) is 3.76. The molecule has 7 heteroatoms. The minimum atomic E-state index is -3.86. The molecule has 1 aliphatic carbocycles. The van der Waals surface area contributed by atoms with Gasteiger partial charge in [-0.2, -0.15) is 0 Å². The van der Waals surface area contributed by atoms with Crippen molar-refractivity contribution in [1.82, 2.24) is 5.32 Å². The fourth-order valence-corrected chi connectivity index (χ4v) is 3.15. The molecule has 3 N–H and O–H groups in total. The van der Waals surface area contributed by atoms with Gasteiger partial charge in [0.2, 0.25) is 10.0 Å². The van der Waals surface area contributed by atoms with Crippen LogP contribution in [-0.2, 0) is 10.0 Å². The lowest BCUT2D eigenvalue weighted by Crippen LogP contribution is -2.30. The Balaban J connectivity index is 2.04. The lowest BCUT2D eigenvalue weighted by Gasteiger charge is -2.13. The summed E-state index contributed by atoms with van der Waals surface area (Å²) in [7, 11) is -3.86. The van der Waals surface area contributed by atoms with Crippen molar-refractivity contribution in [2.24, 2.45) is 10.6 Å². The topological polar surface area (TPSA) is 102 Å². The van der Waals surface area contributed by atoms with Crippen LogP contribution < -0.4 is 10.5 Å². The first kappa shape index (κ1) is 15.1. The zero-order valence-electron chi connectivity index (χ0n) is 11.7. The van der Waals surface area contributed by atoms with E-state index in [0.29, 0.717) is 6.54 Å². The summed E-state index contributed by atoms with van der Waals surface area (Å²) < 4.78 is 27.8. The summed E-state index contributed by atoms with van der Waals surface area (Å²) in [5.74, 6) is -0.281. The number of carbonyl (C=O) groups excluding carboxylic acids is 1. The number of sulfonamides is 1. The van der Waals surface area contributed by atoms with Crippen LogP contribution >= 0.6 is 0 Å². The molecule has 0 saturated heterocycles. The number of carbonyl (C=O) groups is 1. The Morgan fingerprint density at radius 2 is 2.15 bits per heavy atom. The zero-order chi connectivity index (χ0) is 15.0. The fraction of sp³-hybridized carbons (Fsp3) is 0.615. The molecule has 1 heterocycles. The Morgan fingerprint density at radius 1 is 1.50 bits per heavy atom. The molecule has 1 amide bonds. The highest BCUT2D eigenvalue weighted by Gasteiger charge is 2.41. The first-order chi connectivity index (χ1) is 9.27. The summed E-state index contributed by atoms with van der Waals surface area (Å²) in [5, 5.41) is 7.85. The van der Waals surface area contributed by atoms with Gasteiger partial charge in [-0.3, -0.25) is 4.79 Å². The largest absolute Gasteiger partial charge is 0.455 e. The molecular formula is C13H20N2O4S. The molecule has 0 bridgehead atoms. The summed E-state index contributed by atoms with van der Waals surface area (Å²) in [6, 6.07) is 1.18. The molecule has 0 unspecified atom stereocenters. The lowest BCUT2D eigenvalue weighted by atomic mass is 10.0. The van der Waals surface area contributed by atoms with Crippen LogP contribution in [0.3, 0.4) is 0 Å². The Bertz CT molecular complexity index is 614. The molecule has 0 aliphatic heterocycles. The van der Waals surface area contributed by atoms with Crippen LogP contribution in [0.1, 0.15) is 48.9 Å². The highest BCUT2D eigenvalue weighted by atomic mass is 32.2. The number of nitrogens with one attached hydrogen (secondary N) is 1. The van der Waals surface area contributed by atoms with Crippen LogP contribution in [0, 0.1) is 12.3 Å². The van der Waals surface area contributed by atoms with Crippen molar-refractivity contribution in [2.75, 3.05) is 6.54 Å². The van der Waals surface area contributed by atoms with E-state index in [1.54, 1.807) is 0 Å². The van der Waals surface area contributed by atoms with Crippen LogP contribution in [-0.4, -0.2) is 20.9 Å². The first-order valence-electron chi connectivity index (χ1n) is 6.69. The highest BCUT2D eigenvalue weighted by Crippen LogP contribution is 2.48. The lowest BCUT2D eigenvalue weighted by molar-refractivity contribution is 0.0914. The van der Waals surface area contributed by atoms with Crippen molar-refractivity contribution >= 4 is 15.9 Å². The van der Waals surface area contributed by atoms with E-state index in [1.165, 1.54) is 13.0 Å². The average Bonchev–Trinajstić information content (AvgIpc) is 2.98. The van der Waals surface area contributed by atoms with Crippen LogP contribution in [0.15, 0.2) is 15.4 Å². The van der Waals surface area contributed by atoms with Gasteiger partial charge < -0.3 is 9.73 Å². The molecule has 0 spiro atoms. The SMILES string of the molecule is CCCC1(CNC(=O)c2cc(S(N)(=O)=O)c(C)o2)CC1. The number of furan rings is 1. The highest BCUT2D eigenvalue weighted by molar-refractivity contribution is 7.89. The fourth-order valence-electron chi connectivity index (χ4n) is 2.44. The number of nitrogens with two attached hydrogens (primary N) is 1. The van der Waals surface area contributed by atoms with Gasteiger partial charge in [0.1, 0.15) is 10.7 Å². The van der Waals surface area contributed by atoms with E-state index >= 15 is 0 Å². The molecule has 1 aliphatic rings. The molecule has 112 valence electrons. The maximum absolute atomic E-state index is 12.0. The van der Waals surface area contributed by atoms with Gasteiger partial charge in [0.15, 0.2) is 5.76 Å². The number of primary sulfonamides is 1. The van der Waals surface area contributed by atoms with Crippen LogP contribution in [0.4, 0.5) is 0 Å². The number of aryl methyl sites for hydroxylation is 1. The summed E-state index contributed by atoms with van der Waals surface area (Å²) >= 11 is 0. The maximum Gasteiger partial charge on any atom is 0.287 e. The number of amides is 1. The minimum Gasteiger partial charge on any atom is -0.455 e. The van der Waals surface area contributed by atoms with Crippen molar-refractivity contribution in [3.63, 3.8) is 0 Å².